The zero-order valence-electron chi connectivity index (χ0n) is 18.9. The number of hydrogen-bond acceptors (Lipinski definition) is 5. The number of likely N-dealkylation sites (N-methyl/N-ethyl adjacent to an activating group) is 1. The van der Waals surface area contributed by atoms with Crippen LogP contribution in [0.25, 0.3) is 0 Å². The summed E-state index contributed by atoms with van der Waals surface area (Å²) >= 11 is 0. The number of benzene rings is 2. The van der Waals surface area contributed by atoms with E-state index in [9.17, 15) is 26.4 Å². The molecule has 1 aliphatic heterocycles. The number of nitrogens with one attached hydrogen (secondary N) is 2. The molecule has 2 aromatic carbocycles. The summed E-state index contributed by atoms with van der Waals surface area (Å²) in [7, 11) is -2.23. The predicted molar refractivity (Wildman–Crippen MR) is 124 cm³/mol. The summed E-state index contributed by atoms with van der Waals surface area (Å²) in [5, 5.41) is 2.79. The van der Waals surface area contributed by atoms with Crippen LogP contribution in [0, 0.1) is 0 Å². The number of anilines is 1. The maximum Gasteiger partial charge on any atom is 0.416 e. The topological polar surface area (TPSA) is 81.8 Å². The number of amides is 1. The Kier molecular flexibility index (Phi) is 8.56. The fraction of sp³-hybridized carbons (Fsp3) is 0.435. The number of hydrogen-bond donors (Lipinski definition) is 2. The molecule has 11 heteroatoms. The Labute approximate surface area is 198 Å². The van der Waals surface area contributed by atoms with Crippen LogP contribution in [0.5, 0.6) is 0 Å². The van der Waals surface area contributed by atoms with Crippen LogP contribution < -0.4 is 10.0 Å². The number of alkyl halides is 3. The number of carbonyl (C=O) groups is 1. The first-order chi connectivity index (χ1) is 16.1. The molecule has 0 radical (unpaired) electrons. The van der Waals surface area contributed by atoms with Crippen molar-refractivity contribution in [1.29, 1.82) is 0 Å². The third-order valence-corrected chi connectivity index (χ3v) is 7.03. The minimum absolute atomic E-state index is 0.00477. The van der Waals surface area contributed by atoms with Gasteiger partial charge in [0.25, 0.3) is 15.9 Å². The molecule has 2 aromatic rings. The van der Waals surface area contributed by atoms with Gasteiger partial charge in [0.2, 0.25) is 0 Å². The van der Waals surface area contributed by atoms with E-state index in [1.807, 2.05) is 0 Å². The highest BCUT2D eigenvalue weighted by Crippen LogP contribution is 2.31. The second kappa shape index (κ2) is 11.2. The third-order valence-electron chi connectivity index (χ3n) is 5.67. The molecule has 1 aliphatic rings. The van der Waals surface area contributed by atoms with Gasteiger partial charge in [-0.15, -0.1) is 0 Å². The van der Waals surface area contributed by atoms with Gasteiger partial charge in [-0.2, -0.15) is 13.2 Å². The Morgan fingerprint density at radius 1 is 1.00 bits per heavy atom. The van der Waals surface area contributed by atoms with Crippen LogP contribution in [0.1, 0.15) is 28.8 Å². The van der Waals surface area contributed by atoms with Crippen LogP contribution >= 0.6 is 0 Å². The Hall–Kier alpha value is -2.63. The molecule has 1 saturated heterocycles. The molecule has 7 nitrogen and oxygen atoms in total. The van der Waals surface area contributed by atoms with Gasteiger partial charge >= 0.3 is 6.18 Å². The van der Waals surface area contributed by atoms with Gasteiger partial charge in [0.15, 0.2) is 0 Å². The van der Waals surface area contributed by atoms with Gasteiger partial charge in [-0.05, 0) is 56.8 Å². The molecular formula is C23H29F3N4O3S. The number of carbonyl (C=O) groups excluding carboxylic acids is 1. The van der Waals surface area contributed by atoms with Gasteiger partial charge in [-0.3, -0.25) is 9.52 Å². The minimum atomic E-state index is -4.67. The number of unbranched alkanes of at least 4 members (excludes halogenated alkanes) is 1. The second-order valence-corrected chi connectivity index (χ2v) is 9.97. The Balaban J connectivity index is 1.58. The van der Waals surface area contributed by atoms with Crippen molar-refractivity contribution in [2.24, 2.45) is 0 Å². The Bertz CT molecular complexity index is 1080. The molecule has 186 valence electrons. The van der Waals surface area contributed by atoms with Crippen LogP contribution in [0.15, 0.2) is 53.4 Å². The quantitative estimate of drug-likeness (QED) is 0.519. The maximum atomic E-state index is 13.0. The summed E-state index contributed by atoms with van der Waals surface area (Å²) in [6.45, 7) is 5.54. The van der Waals surface area contributed by atoms with E-state index in [1.165, 1.54) is 18.2 Å². The summed E-state index contributed by atoms with van der Waals surface area (Å²) in [6, 6.07) is 9.44. The molecule has 1 heterocycles. The van der Waals surface area contributed by atoms with Crippen molar-refractivity contribution in [3.05, 3.63) is 59.7 Å². The van der Waals surface area contributed by atoms with E-state index < -0.39 is 32.6 Å². The second-order valence-electron chi connectivity index (χ2n) is 8.28. The van der Waals surface area contributed by atoms with Crippen molar-refractivity contribution >= 4 is 21.6 Å². The van der Waals surface area contributed by atoms with Gasteiger partial charge < -0.3 is 15.1 Å². The first kappa shape index (κ1) is 26.0. The zero-order valence-corrected chi connectivity index (χ0v) is 19.8. The summed E-state index contributed by atoms with van der Waals surface area (Å²) < 4.78 is 66.6. The van der Waals surface area contributed by atoms with Crippen molar-refractivity contribution in [2.45, 2.75) is 23.9 Å². The van der Waals surface area contributed by atoms with Crippen molar-refractivity contribution < 1.29 is 26.4 Å². The van der Waals surface area contributed by atoms with Gasteiger partial charge in [-0.1, -0.05) is 18.2 Å². The van der Waals surface area contributed by atoms with E-state index in [1.54, 1.807) is 6.07 Å². The lowest BCUT2D eigenvalue weighted by Crippen LogP contribution is -2.44. The van der Waals surface area contributed by atoms with Crippen molar-refractivity contribution in [3.8, 4) is 0 Å². The monoisotopic (exact) mass is 498 g/mol. The van der Waals surface area contributed by atoms with Crippen molar-refractivity contribution in [3.63, 3.8) is 0 Å². The zero-order chi connectivity index (χ0) is 24.8. The standard InChI is InChI=1S/C23H29F3N4O3S/c1-29-13-15-30(16-14-29)12-5-4-11-27-22(31)20-9-2-3-10-21(20)28-34(32,33)19-8-6-7-18(17-19)23(24,25)26/h2-3,6-10,17,28H,4-5,11-16H2,1H3,(H,27,31). The fourth-order valence-electron chi connectivity index (χ4n) is 3.64. The van der Waals surface area contributed by atoms with Gasteiger partial charge in [0.05, 0.1) is 21.7 Å². The van der Waals surface area contributed by atoms with Crippen LogP contribution in [0.2, 0.25) is 0 Å². The largest absolute Gasteiger partial charge is 0.416 e. The number of para-hydroxylation sites is 1. The summed E-state index contributed by atoms with van der Waals surface area (Å²) in [6.07, 6.45) is -2.97. The molecule has 0 saturated carbocycles. The molecule has 3 rings (SSSR count). The molecular weight excluding hydrogens is 469 g/mol. The van der Waals surface area contributed by atoms with Crippen LogP contribution in [0.3, 0.4) is 0 Å². The third kappa shape index (κ3) is 7.18. The molecule has 1 fully saturated rings. The summed E-state index contributed by atoms with van der Waals surface area (Å²) in [4.78, 5) is 16.8. The van der Waals surface area contributed by atoms with Crippen molar-refractivity contribution in [1.82, 2.24) is 15.1 Å². The molecule has 0 unspecified atom stereocenters. The van der Waals surface area contributed by atoms with Crippen molar-refractivity contribution in [2.75, 3.05) is 51.0 Å². The van der Waals surface area contributed by atoms with Crippen LogP contribution in [0.4, 0.5) is 18.9 Å². The Morgan fingerprint density at radius 2 is 1.71 bits per heavy atom. The average molecular weight is 499 g/mol. The molecule has 34 heavy (non-hydrogen) atoms. The number of piperazine rings is 1. The van der Waals surface area contributed by atoms with Gasteiger partial charge in [-0.25, -0.2) is 8.42 Å². The van der Waals surface area contributed by atoms with E-state index in [0.29, 0.717) is 12.6 Å². The lowest BCUT2D eigenvalue weighted by atomic mass is 10.1. The lowest BCUT2D eigenvalue weighted by molar-refractivity contribution is -0.137. The van der Waals surface area contributed by atoms with Gasteiger partial charge in [0, 0.05) is 32.7 Å². The highest BCUT2D eigenvalue weighted by Gasteiger charge is 2.32. The molecule has 2 N–H and O–H groups in total. The van der Waals surface area contributed by atoms with E-state index >= 15 is 0 Å². The molecule has 0 spiro atoms. The number of rotatable bonds is 9. The number of nitrogens with zero attached hydrogens (tertiary/aromatic N) is 2. The first-order valence-corrected chi connectivity index (χ1v) is 12.5. The predicted octanol–water partition coefficient (Wildman–Crippen LogP) is 3.26. The highest BCUT2D eigenvalue weighted by atomic mass is 32.2. The fourth-order valence-corrected chi connectivity index (χ4v) is 4.77. The van der Waals surface area contributed by atoms with E-state index in [0.717, 1.165) is 63.8 Å². The molecule has 0 atom stereocenters. The Morgan fingerprint density at radius 3 is 2.41 bits per heavy atom. The number of halogens is 3. The van der Waals surface area contributed by atoms with E-state index in [-0.39, 0.29) is 11.3 Å². The molecule has 0 aliphatic carbocycles. The maximum absolute atomic E-state index is 13.0. The normalized spacial score (nSPS) is 15.8. The van der Waals surface area contributed by atoms with E-state index in [4.69, 9.17) is 0 Å². The lowest BCUT2D eigenvalue weighted by Gasteiger charge is -2.32. The van der Waals surface area contributed by atoms with Crippen LogP contribution in [-0.2, 0) is 16.2 Å². The van der Waals surface area contributed by atoms with Gasteiger partial charge in [0.1, 0.15) is 0 Å². The highest BCUT2D eigenvalue weighted by molar-refractivity contribution is 7.92. The molecule has 1 amide bonds. The van der Waals surface area contributed by atoms with E-state index in [2.05, 4.69) is 26.9 Å². The number of sulfonamides is 1. The smallest absolute Gasteiger partial charge is 0.352 e. The first-order valence-electron chi connectivity index (χ1n) is 11.0. The average Bonchev–Trinajstić information content (AvgIpc) is 2.79. The molecule has 0 aromatic heterocycles. The summed E-state index contributed by atoms with van der Waals surface area (Å²) in [5.41, 5.74) is -0.982. The van der Waals surface area contributed by atoms with Crippen LogP contribution in [-0.4, -0.2) is 70.4 Å². The summed E-state index contributed by atoms with van der Waals surface area (Å²) in [5.74, 6) is -0.457. The molecule has 0 bridgehead atoms. The SMILES string of the molecule is CN1CCN(CCCCNC(=O)c2ccccc2NS(=O)(=O)c2cccc(C(F)(F)F)c2)CC1. The minimum Gasteiger partial charge on any atom is -0.352 e.